The number of H-pyrrole nitrogens is 1. The predicted octanol–water partition coefficient (Wildman–Crippen LogP) is 2.43. The molecule has 7 heteroatoms. The number of hydrogen-bond acceptors (Lipinski definition) is 5. The topological polar surface area (TPSA) is 111 Å². The van der Waals surface area contributed by atoms with E-state index >= 15 is 0 Å². The van der Waals surface area contributed by atoms with E-state index in [0.29, 0.717) is 17.2 Å². The second-order valence-electron chi connectivity index (χ2n) is 4.74. The van der Waals surface area contributed by atoms with Crippen LogP contribution >= 0.6 is 0 Å². The monoisotopic (exact) mass is 295 g/mol. The summed E-state index contributed by atoms with van der Waals surface area (Å²) in [6, 6.07) is 15.2. The summed E-state index contributed by atoms with van der Waals surface area (Å²) in [6.45, 7) is 0. The Morgan fingerprint density at radius 3 is 2.64 bits per heavy atom. The molecule has 22 heavy (non-hydrogen) atoms. The maximum atomic E-state index is 10.8. The van der Waals surface area contributed by atoms with Crippen molar-refractivity contribution in [3.05, 3.63) is 76.1 Å². The molecule has 110 valence electrons. The van der Waals surface area contributed by atoms with Crippen molar-refractivity contribution in [1.29, 1.82) is 0 Å². The maximum absolute atomic E-state index is 10.8. The Morgan fingerprint density at radius 2 is 1.91 bits per heavy atom. The lowest BCUT2D eigenvalue weighted by Gasteiger charge is -2.07. The van der Waals surface area contributed by atoms with Crippen LogP contribution in [-0.2, 0) is 0 Å². The number of nitrogens with zero attached hydrogens (tertiary/aromatic N) is 3. The average Bonchev–Trinajstić information content (AvgIpc) is 3.05. The molecule has 3 aromatic rings. The molecule has 0 bridgehead atoms. The van der Waals surface area contributed by atoms with Gasteiger partial charge in [0, 0.05) is 17.7 Å². The molecule has 0 aliphatic heterocycles. The van der Waals surface area contributed by atoms with Crippen LogP contribution in [0.2, 0.25) is 0 Å². The standard InChI is InChI=1S/C15H13N5O2/c16-13(10-5-2-1-3-6-10)15-17-14(18-19-15)11-7-4-8-12(9-11)20(21)22/h1-9,13H,16H2,(H,17,18,19)/t13-/m0/s1. The summed E-state index contributed by atoms with van der Waals surface area (Å²) in [6.07, 6.45) is 0. The molecule has 0 radical (unpaired) electrons. The molecule has 0 amide bonds. The lowest BCUT2D eigenvalue weighted by molar-refractivity contribution is -0.384. The molecule has 3 rings (SSSR count). The van der Waals surface area contributed by atoms with Crippen molar-refractivity contribution in [2.24, 2.45) is 5.73 Å². The van der Waals surface area contributed by atoms with Gasteiger partial charge in [-0.05, 0) is 5.56 Å². The van der Waals surface area contributed by atoms with Crippen molar-refractivity contribution >= 4 is 5.69 Å². The van der Waals surface area contributed by atoms with Gasteiger partial charge in [-0.25, -0.2) is 4.98 Å². The number of non-ortho nitro benzene ring substituents is 1. The van der Waals surface area contributed by atoms with Crippen LogP contribution in [0.4, 0.5) is 5.69 Å². The van der Waals surface area contributed by atoms with Crippen LogP contribution in [0, 0.1) is 10.1 Å². The Balaban J connectivity index is 1.91. The van der Waals surface area contributed by atoms with Gasteiger partial charge in [-0.1, -0.05) is 42.5 Å². The first-order chi connectivity index (χ1) is 10.6. The minimum Gasteiger partial charge on any atom is -0.318 e. The summed E-state index contributed by atoms with van der Waals surface area (Å²) in [5.41, 5.74) is 7.61. The second-order valence-corrected chi connectivity index (χ2v) is 4.74. The molecule has 0 fully saturated rings. The highest BCUT2D eigenvalue weighted by atomic mass is 16.6. The van der Waals surface area contributed by atoms with Gasteiger partial charge >= 0.3 is 0 Å². The Bertz CT molecular complexity index is 800. The third-order valence-corrected chi connectivity index (χ3v) is 3.27. The first kappa shape index (κ1) is 13.9. The Morgan fingerprint density at radius 1 is 1.14 bits per heavy atom. The maximum Gasteiger partial charge on any atom is 0.270 e. The van der Waals surface area contributed by atoms with Crippen molar-refractivity contribution in [1.82, 2.24) is 15.2 Å². The van der Waals surface area contributed by atoms with Crippen molar-refractivity contribution in [2.75, 3.05) is 0 Å². The van der Waals surface area contributed by atoms with Gasteiger partial charge in [0.05, 0.1) is 11.0 Å². The third kappa shape index (κ3) is 2.70. The number of rotatable bonds is 4. The smallest absolute Gasteiger partial charge is 0.270 e. The van der Waals surface area contributed by atoms with Crippen molar-refractivity contribution in [3.8, 4) is 11.4 Å². The van der Waals surface area contributed by atoms with Crippen LogP contribution in [0.5, 0.6) is 0 Å². The van der Waals surface area contributed by atoms with E-state index in [1.807, 2.05) is 30.3 Å². The molecule has 7 nitrogen and oxygen atoms in total. The molecule has 1 aromatic heterocycles. The Hall–Kier alpha value is -3.06. The van der Waals surface area contributed by atoms with Crippen LogP contribution in [0.3, 0.4) is 0 Å². The number of nitrogens with two attached hydrogens (primary N) is 1. The first-order valence-electron chi connectivity index (χ1n) is 6.63. The van der Waals surface area contributed by atoms with Crippen LogP contribution in [-0.4, -0.2) is 20.1 Å². The molecule has 1 atom stereocenters. The minimum absolute atomic E-state index is 0.00351. The number of nitro groups is 1. The lowest BCUT2D eigenvalue weighted by atomic mass is 10.1. The van der Waals surface area contributed by atoms with Gasteiger partial charge < -0.3 is 5.73 Å². The zero-order valence-corrected chi connectivity index (χ0v) is 11.5. The number of aromatic amines is 1. The summed E-state index contributed by atoms with van der Waals surface area (Å²) >= 11 is 0. The van der Waals surface area contributed by atoms with Crippen molar-refractivity contribution in [3.63, 3.8) is 0 Å². The predicted molar refractivity (Wildman–Crippen MR) is 80.9 cm³/mol. The number of hydrogen-bond donors (Lipinski definition) is 2. The fourth-order valence-corrected chi connectivity index (χ4v) is 2.12. The third-order valence-electron chi connectivity index (χ3n) is 3.27. The molecule has 3 N–H and O–H groups in total. The van der Waals surface area contributed by atoms with E-state index in [9.17, 15) is 10.1 Å². The van der Waals surface area contributed by atoms with Gasteiger partial charge in [0.15, 0.2) is 5.82 Å². The van der Waals surface area contributed by atoms with E-state index in [1.54, 1.807) is 12.1 Å². The van der Waals surface area contributed by atoms with Crippen LogP contribution in [0.25, 0.3) is 11.4 Å². The normalized spacial score (nSPS) is 12.0. The summed E-state index contributed by atoms with van der Waals surface area (Å²) in [5.74, 6) is 0.887. The zero-order valence-electron chi connectivity index (χ0n) is 11.5. The van der Waals surface area contributed by atoms with E-state index < -0.39 is 11.0 Å². The van der Waals surface area contributed by atoms with Gasteiger partial charge in [0.1, 0.15) is 5.82 Å². The second kappa shape index (κ2) is 5.74. The fourth-order valence-electron chi connectivity index (χ4n) is 2.12. The molecular weight excluding hydrogens is 282 g/mol. The SMILES string of the molecule is N[C@@H](c1ccccc1)c1nc(-c2cccc([N+](=O)[O-])c2)n[nH]1. The summed E-state index contributed by atoms with van der Waals surface area (Å²) in [4.78, 5) is 14.7. The summed E-state index contributed by atoms with van der Waals surface area (Å²) < 4.78 is 0. The molecule has 2 aromatic carbocycles. The number of benzene rings is 2. The first-order valence-corrected chi connectivity index (χ1v) is 6.63. The van der Waals surface area contributed by atoms with Crippen LogP contribution in [0.1, 0.15) is 17.4 Å². The van der Waals surface area contributed by atoms with E-state index in [1.165, 1.54) is 12.1 Å². The Kier molecular flexibility index (Phi) is 3.63. The summed E-state index contributed by atoms with van der Waals surface area (Å²) in [7, 11) is 0. The average molecular weight is 295 g/mol. The number of nitrogens with one attached hydrogen (secondary N) is 1. The Labute approximate surface area is 126 Å². The number of aromatic nitrogens is 3. The quantitative estimate of drug-likeness (QED) is 0.567. The van der Waals surface area contributed by atoms with Crippen LogP contribution in [0.15, 0.2) is 54.6 Å². The van der Waals surface area contributed by atoms with E-state index in [-0.39, 0.29) is 5.69 Å². The highest BCUT2D eigenvalue weighted by Crippen LogP contribution is 2.23. The van der Waals surface area contributed by atoms with Crippen molar-refractivity contribution < 1.29 is 4.92 Å². The van der Waals surface area contributed by atoms with E-state index in [4.69, 9.17) is 5.73 Å². The molecule has 0 saturated carbocycles. The van der Waals surface area contributed by atoms with Gasteiger partial charge in [-0.2, -0.15) is 5.10 Å². The van der Waals surface area contributed by atoms with E-state index in [2.05, 4.69) is 15.2 Å². The number of nitro benzene ring substituents is 1. The van der Waals surface area contributed by atoms with Gasteiger partial charge in [0.2, 0.25) is 0 Å². The highest BCUT2D eigenvalue weighted by molar-refractivity contribution is 5.58. The molecular formula is C15H13N5O2. The largest absolute Gasteiger partial charge is 0.318 e. The molecule has 1 heterocycles. The van der Waals surface area contributed by atoms with Crippen molar-refractivity contribution in [2.45, 2.75) is 6.04 Å². The van der Waals surface area contributed by atoms with Gasteiger partial charge in [-0.3, -0.25) is 15.2 Å². The van der Waals surface area contributed by atoms with Gasteiger partial charge in [-0.15, -0.1) is 0 Å². The van der Waals surface area contributed by atoms with E-state index in [0.717, 1.165) is 5.56 Å². The molecule has 0 unspecified atom stereocenters. The molecule has 0 aliphatic carbocycles. The molecule has 0 aliphatic rings. The minimum atomic E-state index is -0.452. The molecule has 0 saturated heterocycles. The molecule has 0 spiro atoms. The summed E-state index contributed by atoms with van der Waals surface area (Å²) in [5, 5.41) is 17.7. The van der Waals surface area contributed by atoms with Gasteiger partial charge in [0.25, 0.3) is 5.69 Å². The highest BCUT2D eigenvalue weighted by Gasteiger charge is 2.15. The lowest BCUT2D eigenvalue weighted by Crippen LogP contribution is -2.13. The fraction of sp³-hybridized carbons (Fsp3) is 0.0667. The van der Waals surface area contributed by atoms with Crippen LogP contribution < -0.4 is 5.73 Å². The zero-order chi connectivity index (χ0) is 15.5.